The second kappa shape index (κ2) is 5.31. The molecule has 1 amide bonds. The van der Waals surface area contributed by atoms with Crippen LogP contribution in [0.4, 0.5) is 10.1 Å². The van der Waals surface area contributed by atoms with Crippen LogP contribution in [0, 0.1) is 15.9 Å². The van der Waals surface area contributed by atoms with Crippen LogP contribution in [0.5, 0.6) is 0 Å². The van der Waals surface area contributed by atoms with Crippen LogP contribution in [0.3, 0.4) is 0 Å². The maximum atomic E-state index is 13.1. The van der Waals surface area contributed by atoms with Crippen molar-refractivity contribution in [2.24, 2.45) is 0 Å². The lowest BCUT2D eigenvalue weighted by molar-refractivity contribution is -0.385. The van der Waals surface area contributed by atoms with Crippen molar-refractivity contribution in [3.05, 3.63) is 39.7 Å². The second-order valence-electron chi connectivity index (χ2n) is 4.42. The number of amides is 1. The smallest absolute Gasteiger partial charge is 0.282 e. The van der Waals surface area contributed by atoms with Crippen LogP contribution >= 0.6 is 0 Å². The number of hydrogen-bond acceptors (Lipinski definition) is 4. The van der Waals surface area contributed by atoms with E-state index in [9.17, 15) is 19.3 Å². The average Bonchev–Trinajstić information content (AvgIpc) is 2.32. The molecule has 1 fully saturated rings. The summed E-state index contributed by atoms with van der Waals surface area (Å²) in [5.74, 6) is -1.31. The Morgan fingerprint density at radius 3 is 2.79 bits per heavy atom. The lowest BCUT2D eigenvalue weighted by Gasteiger charge is -2.34. The van der Waals surface area contributed by atoms with E-state index in [-0.39, 0.29) is 17.7 Å². The van der Waals surface area contributed by atoms with Gasteiger partial charge in [-0.25, -0.2) is 4.39 Å². The molecule has 0 unspecified atom stereocenters. The van der Waals surface area contributed by atoms with Gasteiger partial charge in [-0.15, -0.1) is 0 Å². The third-order valence-corrected chi connectivity index (χ3v) is 3.16. The zero-order chi connectivity index (χ0) is 14.0. The number of ether oxygens (including phenoxy) is 1. The molecule has 2 rings (SSSR count). The van der Waals surface area contributed by atoms with Gasteiger partial charge in [0, 0.05) is 19.2 Å². The van der Waals surface area contributed by atoms with Gasteiger partial charge in [-0.05, 0) is 25.0 Å². The molecule has 19 heavy (non-hydrogen) atoms. The Kier molecular flexibility index (Phi) is 3.75. The summed E-state index contributed by atoms with van der Waals surface area (Å²) in [4.78, 5) is 22.0. The fraction of sp³-hybridized carbons (Fsp3) is 0.417. The van der Waals surface area contributed by atoms with Gasteiger partial charge < -0.3 is 10.1 Å². The van der Waals surface area contributed by atoms with Gasteiger partial charge in [0.1, 0.15) is 11.4 Å². The van der Waals surface area contributed by atoms with Crippen LogP contribution in [-0.4, -0.2) is 30.1 Å². The third kappa shape index (κ3) is 2.87. The summed E-state index contributed by atoms with van der Waals surface area (Å²) in [5, 5.41) is 13.4. The van der Waals surface area contributed by atoms with Crippen molar-refractivity contribution in [1.82, 2.24) is 5.32 Å². The molecule has 1 saturated carbocycles. The number of nitro benzene ring substituents is 1. The Hall–Kier alpha value is -2.02. The number of nitrogens with zero attached hydrogens (tertiary/aromatic N) is 1. The highest BCUT2D eigenvalue weighted by molar-refractivity contribution is 5.98. The highest BCUT2D eigenvalue weighted by Gasteiger charge is 2.32. The summed E-state index contributed by atoms with van der Waals surface area (Å²) in [6.07, 6.45) is 1.42. The zero-order valence-electron chi connectivity index (χ0n) is 10.3. The standard InChI is InChI=1S/C12H13FN2O4/c1-19-9-5-8(6-9)14-12(16)10-4-7(13)2-3-11(10)15(17)18/h2-4,8-9H,5-6H2,1H3,(H,14,16). The van der Waals surface area contributed by atoms with E-state index < -0.39 is 22.3 Å². The molecule has 0 saturated heterocycles. The van der Waals surface area contributed by atoms with E-state index >= 15 is 0 Å². The molecular formula is C12H13FN2O4. The van der Waals surface area contributed by atoms with Crippen molar-refractivity contribution in [2.75, 3.05) is 7.11 Å². The summed E-state index contributed by atoms with van der Waals surface area (Å²) in [6.45, 7) is 0. The highest BCUT2D eigenvalue weighted by atomic mass is 19.1. The number of benzene rings is 1. The van der Waals surface area contributed by atoms with Crippen LogP contribution in [0.15, 0.2) is 18.2 Å². The fourth-order valence-corrected chi connectivity index (χ4v) is 1.99. The highest BCUT2D eigenvalue weighted by Crippen LogP contribution is 2.24. The number of halogens is 1. The molecular weight excluding hydrogens is 255 g/mol. The zero-order valence-corrected chi connectivity index (χ0v) is 10.3. The minimum Gasteiger partial charge on any atom is -0.381 e. The van der Waals surface area contributed by atoms with Crippen LogP contribution in [0.25, 0.3) is 0 Å². The topological polar surface area (TPSA) is 81.5 Å². The van der Waals surface area contributed by atoms with E-state index in [4.69, 9.17) is 4.74 Å². The lowest BCUT2D eigenvalue weighted by Crippen LogP contribution is -2.47. The quantitative estimate of drug-likeness (QED) is 0.664. The first-order chi connectivity index (χ1) is 9.01. The van der Waals surface area contributed by atoms with E-state index in [1.807, 2.05) is 0 Å². The first kappa shape index (κ1) is 13.4. The van der Waals surface area contributed by atoms with Gasteiger partial charge >= 0.3 is 0 Å². The van der Waals surface area contributed by atoms with Crippen molar-refractivity contribution >= 4 is 11.6 Å². The van der Waals surface area contributed by atoms with Crippen LogP contribution in [-0.2, 0) is 4.74 Å². The lowest BCUT2D eigenvalue weighted by atomic mass is 9.89. The summed E-state index contributed by atoms with van der Waals surface area (Å²) in [7, 11) is 1.58. The molecule has 0 atom stereocenters. The number of hydrogen-bond donors (Lipinski definition) is 1. The predicted molar refractivity (Wildman–Crippen MR) is 64.3 cm³/mol. The maximum Gasteiger partial charge on any atom is 0.282 e. The number of nitrogens with one attached hydrogen (secondary N) is 1. The normalized spacial score (nSPS) is 21.6. The van der Waals surface area contributed by atoms with Crippen molar-refractivity contribution in [3.8, 4) is 0 Å². The monoisotopic (exact) mass is 268 g/mol. The minimum absolute atomic E-state index is 0.0830. The molecule has 1 N–H and O–H groups in total. The average molecular weight is 268 g/mol. The molecule has 1 aromatic carbocycles. The molecule has 102 valence electrons. The van der Waals surface area contributed by atoms with E-state index in [1.54, 1.807) is 7.11 Å². The Bertz CT molecular complexity index is 514. The molecule has 0 spiro atoms. The summed E-state index contributed by atoms with van der Waals surface area (Å²) in [5.41, 5.74) is -0.660. The van der Waals surface area contributed by atoms with Gasteiger partial charge in [0.2, 0.25) is 0 Å². The number of carbonyl (C=O) groups is 1. The predicted octanol–water partition coefficient (Wildman–Crippen LogP) is 1.64. The third-order valence-electron chi connectivity index (χ3n) is 3.16. The van der Waals surface area contributed by atoms with Gasteiger partial charge in [-0.2, -0.15) is 0 Å². The molecule has 7 heteroatoms. The van der Waals surface area contributed by atoms with E-state index in [2.05, 4.69) is 5.32 Å². The fourth-order valence-electron chi connectivity index (χ4n) is 1.99. The molecule has 6 nitrogen and oxygen atoms in total. The number of carbonyl (C=O) groups excluding carboxylic acids is 1. The maximum absolute atomic E-state index is 13.1. The molecule has 1 aliphatic rings. The second-order valence-corrected chi connectivity index (χ2v) is 4.42. The van der Waals surface area contributed by atoms with Crippen LogP contribution in [0.1, 0.15) is 23.2 Å². The largest absolute Gasteiger partial charge is 0.381 e. The van der Waals surface area contributed by atoms with Crippen molar-refractivity contribution in [2.45, 2.75) is 25.0 Å². The first-order valence-corrected chi connectivity index (χ1v) is 5.79. The molecule has 0 heterocycles. The van der Waals surface area contributed by atoms with Gasteiger partial charge in [0.25, 0.3) is 11.6 Å². The minimum atomic E-state index is -0.701. The summed E-state index contributed by atoms with van der Waals surface area (Å²) < 4.78 is 18.2. The van der Waals surface area contributed by atoms with E-state index in [0.717, 1.165) is 18.2 Å². The Balaban J connectivity index is 2.10. The van der Waals surface area contributed by atoms with Crippen molar-refractivity contribution in [3.63, 3.8) is 0 Å². The number of methoxy groups -OCH3 is 1. The molecule has 0 aliphatic heterocycles. The summed E-state index contributed by atoms with van der Waals surface area (Å²) >= 11 is 0. The first-order valence-electron chi connectivity index (χ1n) is 5.79. The van der Waals surface area contributed by atoms with Crippen LogP contribution in [0.2, 0.25) is 0 Å². The van der Waals surface area contributed by atoms with E-state index in [0.29, 0.717) is 12.8 Å². The van der Waals surface area contributed by atoms with Crippen molar-refractivity contribution < 1.29 is 18.8 Å². The van der Waals surface area contributed by atoms with Crippen LogP contribution < -0.4 is 5.32 Å². The SMILES string of the molecule is COC1CC(NC(=O)c2cc(F)ccc2[N+](=O)[O-])C1. The number of nitro groups is 1. The number of rotatable bonds is 4. The molecule has 0 aromatic heterocycles. The Morgan fingerprint density at radius 1 is 1.53 bits per heavy atom. The molecule has 1 aliphatic carbocycles. The van der Waals surface area contributed by atoms with E-state index in [1.165, 1.54) is 0 Å². The van der Waals surface area contributed by atoms with Gasteiger partial charge in [0.05, 0.1) is 11.0 Å². The summed E-state index contributed by atoms with van der Waals surface area (Å²) in [6, 6.07) is 2.74. The van der Waals surface area contributed by atoms with Gasteiger partial charge in [-0.1, -0.05) is 0 Å². The van der Waals surface area contributed by atoms with Gasteiger partial charge in [0.15, 0.2) is 0 Å². The Morgan fingerprint density at radius 2 is 2.21 bits per heavy atom. The van der Waals surface area contributed by atoms with Crippen molar-refractivity contribution in [1.29, 1.82) is 0 Å². The molecule has 0 radical (unpaired) electrons. The Labute approximate surface area is 108 Å². The molecule has 0 bridgehead atoms. The van der Waals surface area contributed by atoms with Gasteiger partial charge in [-0.3, -0.25) is 14.9 Å². The molecule has 1 aromatic rings.